The summed E-state index contributed by atoms with van der Waals surface area (Å²) in [7, 11) is 2.12. The summed E-state index contributed by atoms with van der Waals surface area (Å²) < 4.78 is 0. The topological polar surface area (TPSA) is 15.3 Å². The van der Waals surface area contributed by atoms with E-state index in [2.05, 4.69) is 31.1 Å². The summed E-state index contributed by atoms with van der Waals surface area (Å²) in [5.41, 5.74) is 0.561. The molecule has 0 radical (unpaired) electrons. The van der Waals surface area contributed by atoms with Crippen LogP contribution >= 0.6 is 0 Å². The van der Waals surface area contributed by atoms with Crippen molar-refractivity contribution in [1.29, 1.82) is 0 Å². The van der Waals surface area contributed by atoms with Gasteiger partial charge in [-0.1, -0.05) is 26.7 Å². The highest BCUT2D eigenvalue weighted by molar-refractivity contribution is 4.93. The molecule has 2 rings (SSSR count). The van der Waals surface area contributed by atoms with E-state index in [9.17, 15) is 0 Å². The van der Waals surface area contributed by atoms with E-state index < -0.39 is 0 Å². The summed E-state index contributed by atoms with van der Waals surface area (Å²) >= 11 is 0. The van der Waals surface area contributed by atoms with Crippen molar-refractivity contribution in [2.45, 2.75) is 58.4 Å². The van der Waals surface area contributed by atoms with Gasteiger partial charge in [-0.25, -0.2) is 0 Å². The van der Waals surface area contributed by atoms with Gasteiger partial charge in [-0.15, -0.1) is 0 Å². The molecule has 100 valence electrons. The van der Waals surface area contributed by atoms with Gasteiger partial charge in [-0.05, 0) is 50.6 Å². The Morgan fingerprint density at radius 2 is 2.06 bits per heavy atom. The molecule has 2 heteroatoms. The average molecular weight is 238 g/mol. The van der Waals surface area contributed by atoms with Crippen molar-refractivity contribution >= 4 is 0 Å². The van der Waals surface area contributed by atoms with E-state index in [0.29, 0.717) is 5.41 Å². The van der Waals surface area contributed by atoms with E-state index in [1.54, 1.807) is 0 Å². The Balaban J connectivity index is 1.98. The number of hydrogen-bond acceptors (Lipinski definition) is 2. The Hall–Kier alpha value is -0.0800. The van der Waals surface area contributed by atoms with E-state index in [4.69, 9.17) is 0 Å². The molecule has 2 aliphatic carbocycles. The van der Waals surface area contributed by atoms with Gasteiger partial charge in [0, 0.05) is 19.1 Å². The van der Waals surface area contributed by atoms with Gasteiger partial charge >= 0.3 is 0 Å². The van der Waals surface area contributed by atoms with E-state index in [1.165, 1.54) is 58.2 Å². The largest absolute Gasteiger partial charge is 0.319 e. The molecule has 0 saturated heterocycles. The van der Waals surface area contributed by atoms with Gasteiger partial charge in [0.15, 0.2) is 0 Å². The molecule has 0 aromatic heterocycles. The molecule has 0 aliphatic heterocycles. The van der Waals surface area contributed by atoms with Crippen molar-refractivity contribution in [3.63, 3.8) is 0 Å². The van der Waals surface area contributed by atoms with Crippen LogP contribution in [0.1, 0.15) is 52.4 Å². The second kappa shape index (κ2) is 5.71. The Morgan fingerprint density at radius 3 is 2.59 bits per heavy atom. The zero-order valence-electron chi connectivity index (χ0n) is 12.0. The summed E-state index contributed by atoms with van der Waals surface area (Å²) in [5.74, 6) is 0.926. The molecule has 0 spiro atoms. The summed E-state index contributed by atoms with van der Waals surface area (Å²) in [4.78, 5) is 2.75. The first-order valence-electron chi connectivity index (χ1n) is 7.58. The van der Waals surface area contributed by atoms with E-state index in [0.717, 1.165) is 12.0 Å². The maximum Gasteiger partial charge on any atom is 0.00965 e. The second-order valence-electron chi connectivity index (χ2n) is 6.53. The minimum atomic E-state index is 0.561. The van der Waals surface area contributed by atoms with Gasteiger partial charge < -0.3 is 10.2 Å². The van der Waals surface area contributed by atoms with Gasteiger partial charge in [0.1, 0.15) is 0 Å². The average Bonchev–Trinajstić information content (AvgIpc) is 3.10. The third-order valence-electron chi connectivity index (χ3n) is 4.75. The monoisotopic (exact) mass is 238 g/mol. The van der Waals surface area contributed by atoms with Gasteiger partial charge in [0.2, 0.25) is 0 Å². The number of nitrogens with zero attached hydrogens (tertiary/aromatic N) is 1. The standard InChI is InChI=1S/C15H30N2/c1-4-17(14-7-8-14)12-15(11-16-3)9-5-6-13(2)10-15/h13-14,16H,4-12H2,1-3H3. The Bertz CT molecular complexity index is 233. The van der Waals surface area contributed by atoms with E-state index in [-0.39, 0.29) is 0 Å². The van der Waals surface area contributed by atoms with Gasteiger partial charge in [0.25, 0.3) is 0 Å². The summed E-state index contributed by atoms with van der Waals surface area (Å²) in [6, 6.07) is 0.922. The number of nitrogens with one attached hydrogen (secondary N) is 1. The molecule has 2 unspecified atom stereocenters. The quantitative estimate of drug-likeness (QED) is 0.765. The zero-order chi connectivity index (χ0) is 12.3. The highest BCUT2D eigenvalue weighted by Crippen LogP contribution is 2.41. The molecule has 2 fully saturated rings. The molecule has 17 heavy (non-hydrogen) atoms. The molecule has 0 bridgehead atoms. The second-order valence-corrected chi connectivity index (χ2v) is 6.53. The lowest BCUT2D eigenvalue weighted by atomic mass is 9.69. The first-order chi connectivity index (χ1) is 8.19. The number of hydrogen-bond donors (Lipinski definition) is 1. The van der Waals surface area contributed by atoms with Gasteiger partial charge in [0.05, 0.1) is 0 Å². The summed E-state index contributed by atoms with van der Waals surface area (Å²) in [5, 5.41) is 3.46. The van der Waals surface area contributed by atoms with Crippen LogP contribution in [0.15, 0.2) is 0 Å². The van der Waals surface area contributed by atoms with Crippen LogP contribution in [0.3, 0.4) is 0 Å². The van der Waals surface area contributed by atoms with Crippen molar-refractivity contribution in [3.8, 4) is 0 Å². The number of rotatable bonds is 6. The maximum atomic E-state index is 3.46. The lowest BCUT2D eigenvalue weighted by Gasteiger charge is -2.43. The molecule has 0 heterocycles. The lowest BCUT2D eigenvalue weighted by Crippen LogP contribution is -2.46. The fourth-order valence-electron chi connectivity index (χ4n) is 3.87. The minimum absolute atomic E-state index is 0.561. The van der Waals surface area contributed by atoms with Gasteiger partial charge in [-0.2, -0.15) is 0 Å². The first-order valence-corrected chi connectivity index (χ1v) is 7.58. The Kier molecular flexibility index (Phi) is 4.48. The molecule has 2 atom stereocenters. The van der Waals surface area contributed by atoms with Crippen molar-refractivity contribution in [2.24, 2.45) is 11.3 Å². The van der Waals surface area contributed by atoms with Crippen LogP contribution in [0.4, 0.5) is 0 Å². The summed E-state index contributed by atoms with van der Waals surface area (Å²) in [6.07, 6.45) is 8.63. The van der Waals surface area contributed by atoms with Crippen molar-refractivity contribution < 1.29 is 0 Å². The molecule has 2 nitrogen and oxygen atoms in total. The van der Waals surface area contributed by atoms with Crippen molar-refractivity contribution in [2.75, 3.05) is 26.7 Å². The van der Waals surface area contributed by atoms with Crippen LogP contribution < -0.4 is 5.32 Å². The fraction of sp³-hybridized carbons (Fsp3) is 1.00. The van der Waals surface area contributed by atoms with E-state index in [1.807, 2.05) is 0 Å². The van der Waals surface area contributed by atoms with Crippen LogP contribution in [0.2, 0.25) is 0 Å². The zero-order valence-corrected chi connectivity index (χ0v) is 12.0. The fourth-order valence-corrected chi connectivity index (χ4v) is 3.87. The van der Waals surface area contributed by atoms with Crippen molar-refractivity contribution in [1.82, 2.24) is 10.2 Å². The summed E-state index contributed by atoms with van der Waals surface area (Å²) in [6.45, 7) is 8.55. The molecule has 0 aromatic carbocycles. The third-order valence-corrected chi connectivity index (χ3v) is 4.75. The normalized spacial score (nSPS) is 34.2. The molecular weight excluding hydrogens is 208 g/mol. The molecular formula is C15H30N2. The predicted octanol–water partition coefficient (Wildman–Crippen LogP) is 2.89. The molecule has 1 N–H and O–H groups in total. The predicted molar refractivity (Wildman–Crippen MR) is 74.3 cm³/mol. The minimum Gasteiger partial charge on any atom is -0.319 e. The van der Waals surface area contributed by atoms with Gasteiger partial charge in [-0.3, -0.25) is 0 Å². The molecule has 2 saturated carbocycles. The highest BCUT2D eigenvalue weighted by atomic mass is 15.2. The first kappa shape index (κ1) is 13.4. The van der Waals surface area contributed by atoms with Crippen LogP contribution in [-0.4, -0.2) is 37.6 Å². The van der Waals surface area contributed by atoms with Crippen LogP contribution in [-0.2, 0) is 0 Å². The molecule has 0 aromatic rings. The highest BCUT2D eigenvalue weighted by Gasteiger charge is 2.39. The van der Waals surface area contributed by atoms with Crippen LogP contribution in [0.25, 0.3) is 0 Å². The lowest BCUT2D eigenvalue weighted by molar-refractivity contribution is 0.0804. The molecule has 0 amide bonds. The smallest absolute Gasteiger partial charge is 0.00965 e. The Labute approximate surface area is 107 Å². The SMILES string of the molecule is CCN(CC1(CNC)CCCC(C)C1)C1CC1. The molecule has 2 aliphatic rings. The van der Waals surface area contributed by atoms with Crippen molar-refractivity contribution in [3.05, 3.63) is 0 Å². The third kappa shape index (κ3) is 3.45. The van der Waals surface area contributed by atoms with Crippen LogP contribution in [0, 0.1) is 11.3 Å². The van der Waals surface area contributed by atoms with Crippen LogP contribution in [0.5, 0.6) is 0 Å². The Morgan fingerprint density at radius 1 is 1.29 bits per heavy atom. The van der Waals surface area contributed by atoms with E-state index >= 15 is 0 Å². The maximum absolute atomic E-state index is 3.46.